The first-order valence-electron chi connectivity index (χ1n) is 2.13. The van der Waals surface area contributed by atoms with Gasteiger partial charge in [-0.3, -0.25) is 0 Å². The normalized spacial score (nSPS) is 10.4. The SMILES string of the molecule is CS(=O)(=O)[O-].C[S+](C)C. The highest BCUT2D eigenvalue weighted by atomic mass is 32.2. The van der Waals surface area contributed by atoms with E-state index in [0.29, 0.717) is 17.2 Å². The van der Waals surface area contributed by atoms with Gasteiger partial charge in [0.05, 0.1) is 28.9 Å². The Kier molecular flexibility index (Phi) is 6.76. The molecule has 0 aromatic carbocycles. The highest BCUT2D eigenvalue weighted by Gasteiger charge is 1.77. The zero-order chi connectivity index (χ0) is 8.08. The summed E-state index contributed by atoms with van der Waals surface area (Å²) >= 11 is 0. The number of rotatable bonds is 0. The molecule has 0 aliphatic carbocycles. The number of hydrogen-bond acceptors (Lipinski definition) is 3. The van der Waals surface area contributed by atoms with E-state index in [1.165, 1.54) is 0 Å². The average Bonchev–Trinajstić information content (AvgIpc) is 1.19. The Morgan fingerprint density at radius 3 is 1.22 bits per heavy atom. The lowest BCUT2D eigenvalue weighted by atomic mass is 11.9. The first kappa shape index (κ1) is 12.0. The second kappa shape index (κ2) is 5.08. The molecular formula is C4H12O3S2. The molecule has 0 aromatic rings. The lowest BCUT2D eigenvalue weighted by Crippen LogP contribution is -1.88. The summed E-state index contributed by atoms with van der Waals surface area (Å²) in [4.78, 5) is 0. The van der Waals surface area contributed by atoms with E-state index in [0.717, 1.165) is 0 Å². The van der Waals surface area contributed by atoms with Crippen LogP contribution in [0.25, 0.3) is 0 Å². The third-order valence-electron chi connectivity index (χ3n) is 0. The Hall–Kier alpha value is 0.260. The molecular weight excluding hydrogens is 160 g/mol. The quantitative estimate of drug-likeness (QED) is 0.371. The van der Waals surface area contributed by atoms with Gasteiger partial charge in [-0.2, -0.15) is 0 Å². The van der Waals surface area contributed by atoms with Crippen LogP contribution in [-0.2, 0) is 21.0 Å². The van der Waals surface area contributed by atoms with Crippen molar-refractivity contribution >= 4 is 21.0 Å². The smallest absolute Gasteiger partial charge is 0.0969 e. The van der Waals surface area contributed by atoms with Crippen molar-refractivity contribution < 1.29 is 13.0 Å². The molecule has 0 N–H and O–H groups in total. The minimum absolute atomic E-state index is 0.604. The monoisotopic (exact) mass is 172 g/mol. The summed E-state index contributed by atoms with van der Waals surface area (Å²) in [5.41, 5.74) is 0. The molecule has 0 amide bonds. The van der Waals surface area contributed by atoms with Crippen molar-refractivity contribution in [1.82, 2.24) is 0 Å². The van der Waals surface area contributed by atoms with Crippen LogP contribution in [0.5, 0.6) is 0 Å². The summed E-state index contributed by atoms with van der Waals surface area (Å²) in [7, 11) is -3.28. The summed E-state index contributed by atoms with van der Waals surface area (Å²) in [5.74, 6) is 0. The topological polar surface area (TPSA) is 57.2 Å². The van der Waals surface area contributed by atoms with E-state index in [2.05, 4.69) is 18.8 Å². The Labute approximate surface area is 59.6 Å². The summed E-state index contributed by atoms with van der Waals surface area (Å²) in [5, 5.41) is 0. The molecule has 0 aromatic heterocycles. The highest BCUT2D eigenvalue weighted by Crippen LogP contribution is 1.63. The summed E-state index contributed by atoms with van der Waals surface area (Å²) in [6.07, 6.45) is 7.19. The van der Waals surface area contributed by atoms with Gasteiger partial charge >= 0.3 is 0 Å². The first-order chi connectivity index (χ1) is 3.73. The second-order valence-electron chi connectivity index (χ2n) is 1.93. The third-order valence-corrected chi connectivity index (χ3v) is 0. The van der Waals surface area contributed by atoms with Crippen molar-refractivity contribution in [3.63, 3.8) is 0 Å². The maximum atomic E-state index is 9.08. The standard InChI is InChI=1S/C3H9S.CH4O3S/c1-4(2)3;1-5(2,3)4/h1-3H3;1H3,(H,2,3,4)/q+1;/p-1. The van der Waals surface area contributed by atoms with Gasteiger partial charge in [0.2, 0.25) is 0 Å². The predicted molar refractivity (Wildman–Crippen MR) is 40.8 cm³/mol. The van der Waals surface area contributed by atoms with Crippen molar-refractivity contribution in [3.05, 3.63) is 0 Å². The van der Waals surface area contributed by atoms with Gasteiger partial charge in [0.15, 0.2) is 0 Å². The van der Waals surface area contributed by atoms with E-state index in [-0.39, 0.29) is 0 Å². The highest BCUT2D eigenvalue weighted by molar-refractivity contribution is 7.94. The fourth-order valence-corrected chi connectivity index (χ4v) is 0. The number of hydrogen-bond donors (Lipinski definition) is 0. The van der Waals surface area contributed by atoms with Crippen molar-refractivity contribution in [1.29, 1.82) is 0 Å². The molecule has 0 saturated heterocycles. The molecule has 0 aliphatic rings. The van der Waals surface area contributed by atoms with Crippen molar-refractivity contribution in [2.45, 2.75) is 0 Å². The lowest BCUT2D eigenvalue weighted by molar-refractivity contribution is 0.470. The van der Waals surface area contributed by atoms with E-state index in [9.17, 15) is 0 Å². The molecule has 5 heteroatoms. The minimum Gasteiger partial charge on any atom is -0.748 e. The molecule has 0 unspecified atom stereocenters. The molecule has 0 saturated carbocycles. The van der Waals surface area contributed by atoms with Gasteiger partial charge in [0.25, 0.3) is 0 Å². The van der Waals surface area contributed by atoms with Crippen LogP contribution in [0, 0.1) is 0 Å². The average molecular weight is 172 g/mol. The van der Waals surface area contributed by atoms with E-state index in [4.69, 9.17) is 13.0 Å². The third kappa shape index (κ3) is 4790. The molecule has 0 heterocycles. The molecule has 0 bridgehead atoms. The molecule has 0 spiro atoms. The van der Waals surface area contributed by atoms with Gasteiger partial charge in [-0.15, -0.1) is 0 Å². The molecule has 0 rings (SSSR count). The summed E-state index contributed by atoms with van der Waals surface area (Å²) in [6, 6.07) is 0. The fourth-order valence-electron chi connectivity index (χ4n) is 0. The molecule has 0 fully saturated rings. The van der Waals surface area contributed by atoms with Crippen LogP contribution >= 0.6 is 0 Å². The van der Waals surface area contributed by atoms with Crippen LogP contribution in [0.3, 0.4) is 0 Å². The summed E-state index contributed by atoms with van der Waals surface area (Å²) < 4.78 is 27.2. The molecule has 58 valence electrons. The van der Waals surface area contributed by atoms with Crippen molar-refractivity contribution in [2.75, 3.05) is 25.0 Å². The van der Waals surface area contributed by atoms with E-state index < -0.39 is 10.1 Å². The zero-order valence-electron chi connectivity index (χ0n) is 6.04. The van der Waals surface area contributed by atoms with Crippen LogP contribution in [0.4, 0.5) is 0 Å². The Morgan fingerprint density at radius 2 is 1.22 bits per heavy atom. The van der Waals surface area contributed by atoms with E-state index >= 15 is 0 Å². The van der Waals surface area contributed by atoms with Crippen LogP contribution in [0.1, 0.15) is 0 Å². The van der Waals surface area contributed by atoms with Crippen LogP contribution < -0.4 is 0 Å². The second-order valence-corrected chi connectivity index (χ2v) is 5.79. The predicted octanol–water partition coefficient (Wildman–Crippen LogP) is -0.344. The van der Waals surface area contributed by atoms with Gasteiger partial charge in [0, 0.05) is 6.26 Å². The molecule has 3 nitrogen and oxygen atoms in total. The van der Waals surface area contributed by atoms with Crippen molar-refractivity contribution in [2.24, 2.45) is 0 Å². The Balaban J connectivity index is 0. The largest absolute Gasteiger partial charge is 0.748 e. The lowest BCUT2D eigenvalue weighted by Gasteiger charge is -1.90. The molecule has 9 heavy (non-hydrogen) atoms. The van der Waals surface area contributed by atoms with Gasteiger partial charge in [0.1, 0.15) is 0 Å². The van der Waals surface area contributed by atoms with Crippen LogP contribution in [0.2, 0.25) is 0 Å². The van der Waals surface area contributed by atoms with Crippen LogP contribution in [-0.4, -0.2) is 38.0 Å². The summed E-state index contributed by atoms with van der Waals surface area (Å²) in [6.45, 7) is 0. The maximum absolute atomic E-state index is 9.08. The molecule has 0 atom stereocenters. The minimum atomic E-state index is -3.92. The van der Waals surface area contributed by atoms with Gasteiger partial charge in [-0.25, -0.2) is 8.42 Å². The van der Waals surface area contributed by atoms with E-state index in [1.807, 2.05) is 0 Å². The van der Waals surface area contributed by atoms with Crippen LogP contribution in [0.15, 0.2) is 0 Å². The molecule has 0 radical (unpaired) electrons. The zero-order valence-corrected chi connectivity index (χ0v) is 7.67. The fraction of sp³-hybridized carbons (Fsp3) is 1.00. The Morgan fingerprint density at radius 1 is 1.22 bits per heavy atom. The maximum Gasteiger partial charge on any atom is 0.0969 e. The van der Waals surface area contributed by atoms with Gasteiger partial charge in [-0.05, 0) is 10.9 Å². The van der Waals surface area contributed by atoms with E-state index in [1.54, 1.807) is 0 Å². The van der Waals surface area contributed by atoms with Crippen molar-refractivity contribution in [3.8, 4) is 0 Å². The molecule has 0 aliphatic heterocycles. The van der Waals surface area contributed by atoms with Gasteiger partial charge in [-0.1, -0.05) is 0 Å². The first-order valence-corrected chi connectivity index (χ1v) is 6.40. The van der Waals surface area contributed by atoms with Gasteiger partial charge < -0.3 is 4.55 Å². The Bertz CT molecular complexity index is 125.